The van der Waals surface area contributed by atoms with Crippen LogP contribution < -0.4 is 4.74 Å². The number of rotatable bonds is 6. The van der Waals surface area contributed by atoms with Crippen molar-refractivity contribution in [3.63, 3.8) is 0 Å². The van der Waals surface area contributed by atoms with Gasteiger partial charge in [-0.3, -0.25) is 9.30 Å². The van der Waals surface area contributed by atoms with Crippen molar-refractivity contribution in [1.29, 1.82) is 0 Å². The summed E-state index contributed by atoms with van der Waals surface area (Å²) in [6.07, 6.45) is 0.478. The van der Waals surface area contributed by atoms with E-state index in [1.54, 1.807) is 6.07 Å². The summed E-state index contributed by atoms with van der Waals surface area (Å²) < 4.78 is 32.9. The van der Waals surface area contributed by atoms with Crippen LogP contribution in [0.1, 0.15) is 12.5 Å². The van der Waals surface area contributed by atoms with Crippen LogP contribution in [0, 0.1) is 0 Å². The van der Waals surface area contributed by atoms with Crippen molar-refractivity contribution in [2.45, 2.75) is 18.2 Å². The first-order valence-electron chi connectivity index (χ1n) is 8.04. The number of sulfonamides is 1. The molecule has 1 aliphatic rings. The molecule has 0 amide bonds. The normalized spacial score (nSPS) is 14.5. The van der Waals surface area contributed by atoms with Crippen LogP contribution in [-0.4, -0.2) is 38.3 Å². The fourth-order valence-electron chi connectivity index (χ4n) is 2.70. The first kappa shape index (κ1) is 17.8. The van der Waals surface area contributed by atoms with E-state index in [4.69, 9.17) is 16.3 Å². The zero-order valence-electron chi connectivity index (χ0n) is 13.9. The van der Waals surface area contributed by atoms with Gasteiger partial charge in [-0.05, 0) is 24.6 Å². The molecule has 0 fully saturated rings. The van der Waals surface area contributed by atoms with E-state index in [1.165, 1.54) is 16.4 Å². The molecule has 0 saturated carbocycles. The molecule has 0 aromatic heterocycles. The van der Waals surface area contributed by atoms with Gasteiger partial charge in [0, 0.05) is 12.5 Å². The Morgan fingerprint density at radius 2 is 1.96 bits per heavy atom. The number of amidine groups is 1. The van der Waals surface area contributed by atoms with E-state index in [9.17, 15) is 8.42 Å². The highest BCUT2D eigenvalue weighted by Crippen LogP contribution is 2.30. The lowest BCUT2D eigenvalue weighted by molar-refractivity contribution is 0.339. The lowest BCUT2D eigenvalue weighted by atomic mass is 10.1. The first-order valence-corrected chi connectivity index (χ1v) is 9.86. The molecule has 25 heavy (non-hydrogen) atoms. The molecule has 0 bridgehead atoms. The van der Waals surface area contributed by atoms with E-state index in [0.717, 1.165) is 5.56 Å². The SMILES string of the molecule is CCOc1cc(S(=O)(=O)N2CCN=C2Cc2ccccc2)ccc1Cl. The van der Waals surface area contributed by atoms with Crippen molar-refractivity contribution >= 4 is 27.5 Å². The minimum Gasteiger partial charge on any atom is -0.492 e. The van der Waals surface area contributed by atoms with Gasteiger partial charge in [-0.2, -0.15) is 0 Å². The molecule has 1 heterocycles. The molecule has 7 heteroatoms. The summed E-state index contributed by atoms with van der Waals surface area (Å²) in [7, 11) is -3.70. The second kappa shape index (κ2) is 7.45. The lowest BCUT2D eigenvalue weighted by Gasteiger charge is -2.21. The van der Waals surface area contributed by atoms with Gasteiger partial charge in [0.25, 0.3) is 10.0 Å². The molecule has 0 radical (unpaired) electrons. The molecule has 0 atom stereocenters. The molecule has 2 aromatic rings. The van der Waals surface area contributed by atoms with Crippen LogP contribution in [0.15, 0.2) is 58.4 Å². The molecule has 0 N–H and O–H groups in total. The highest BCUT2D eigenvalue weighted by atomic mass is 35.5. The van der Waals surface area contributed by atoms with Crippen molar-refractivity contribution in [3.8, 4) is 5.75 Å². The third kappa shape index (κ3) is 3.80. The Morgan fingerprint density at radius 3 is 2.68 bits per heavy atom. The fraction of sp³-hybridized carbons (Fsp3) is 0.278. The lowest BCUT2D eigenvalue weighted by Crippen LogP contribution is -2.35. The van der Waals surface area contributed by atoms with Crippen molar-refractivity contribution in [2.24, 2.45) is 4.99 Å². The number of hydrogen-bond acceptors (Lipinski definition) is 4. The molecule has 132 valence electrons. The zero-order valence-corrected chi connectivity index (χ0v) is 15.4. The predicted octanol–water partition coefficient (Wildman–Crippen LogP) is 3.38. The van der Waals surface area contributed by atoms with Crippen LogP contribution in [0.3, 0.4) is 0 Å². The topological polar surface area (TPSA) is 59.0 Å². The quantitative estimate of drug-likeness (QED) is 0.774. The fourth-order valence-corrected chi connectivity index (χ4v) is 4.34. The van der Waals surface area contributed by atoms with E-state index in [-0.39, 0.29) is 4.90 Å². The van der Waals surface area contributed by atoms with Crippen LogP contribution >= 0.6 is 11.6 Å². The Bertz CT molecular complexity index is 882. The van der Waals surface area contributed by atoms with Crippen molar-refractivity contribution in [2.75, 3.05) is 19.7 Å². The third-order valence-corrected chi connectivity index (χ3v) is 6.02. The number of ether oxygens (including phenoxy) is 1. The maximum absolute atomic E-state index is 13.0. The Balaban J connectivity index is 1.89. The summed E-state index contributed by atoms with van der Waals surface area (Å²) in [5, 5.41) is 0.389. The van der Waals surface area contributed by atoms with Gasteiger partial charge < -0.3 is 4.74 Å². The molecular weight excluding hydrogens is 360 g/mol. The molecule has 0 spiro atoms. The summed E-state index contributed by atoms with van der Waals surface area (Å²) in [6.45, 7) is 3.04. The van der Waals surface area contributed by atoms with Gasteiger partial charge in [0.2, 0.25) is 0 Å². The largest absolute Gasteiger partial charge is 0.492 e. The molecule has 2 aromatic carbocycles. The van der Waals surface area contributed by atoms with E-state index in [0.29, 0.717) is 42.7 Å². The second-order valence-corrected chi connectivity index (χ2v) is 7.83. The van der Waals surface area contributed by atoms with Gasteiger partial charge in [0.1, 0.15) is 11.6 Å². The smallest absolute Gasteiger partial charge is 0.265 e. The summed E-state index contributed by atoms with van der Waals surface area (Å²) in [5.41, 5.74) is 1.02. The zero-order chi connectivity index (χ0) is 17.9. The Labute approximate surface area is 153 Å². The first-order chi connectivity index (χ1) is 12.0. The molecule has 3 rings (SSSR count). The number of benzene rings is 2. The van der Waals surface area contributed by atoms with Gasteiger partial charge in [0.15, 0.2) is 0 Å². The molecule has 1 aliphatic heterocycles. The summed E-state index contributed by atoms with van der Waals surface area (Å²) in [5.74, 6) is 0.921. The van der Waals surface area contributed by atoms with E-state index in [2.05, 4.69) is 4.99 Å². The molecule has 0 saturated heterocycles. The van der Waals surface area contributed by atoms with Gasteiger partial charge in [0.05, 0.1) is 29.6 Å². The average molecular weight is 379 g/mol. The number of halogens is 1. The summed E-state index contributed by atoms with van der Waals surface area (Å²) >= 11 is 6.06. The molecular formula is C18H19ClN2O3S. The van der Waals surface area contributed by atoms with Crippen LogP contribution in [0.25, 0.3) is 0 Å². The van der Waals surface area contributed by atoms with E-state index in [1.807, 2.05) is 37.3 Å². The van der Waals surface area contributed by atoms with Crippen molar-refractivity contribution < 1.29 is 13.2 Å². The van der Waals surface area contributed by atoms with E-state index < -0.39 is 10.0 Å². The van der Waals surface area contributed by atoms with Crippen LogP contribution in [0.2, 0.25) is 5.02 Å². The number of hydrogen-bond donors (Lipinski definition) is 0. The Hall–Kier alpha value is -2.05. The number of aliphatic imine (C=N–C) groups is 1. The van der Waals surface area contributed by atoms with Gasteiger partial charge in [-0.1, -0.05) is 41.9 Å². The monoisotopic (exact) mass is 378 g/mol. The van der Waals surface area contributed by atoms with Crippen molar-refractivity contribution in [3.05, 3.63) is 59.1 Å². The maximum Gasteiger partial charge on any atom is 0.265 e. The minimum absolute atomic E-state index is 0.156. The van der Waals surface area contributed by atoms with Gasteiger partial charge in [-0.25, -0.2) is 8.42 Å². The highest BCUT2D eigenvalue weighted by molar-refractivity contribution is 7.89. The van der Waals surface area contributed by atoms with Crippen molar-refractivity contribution in [1.82, 2.24) is 4.31 Å². The van der Waals surface area contributed by atoms with Crippen LogP contribution in [0.5, 0.6) is 5.75 Å². The average Bonchev–Trinajstić information content (AvgIpc) is 3.07. The Morgan fingerprint density at radius 1 is 1.20 bits per heavy atom. The van der Waals surface area contributed by atoms with Crippen LogP contribution in [0.4, 0.5) is 0 Å². The summed E-state index contributed by atoms with van der Waals surface area (Å²) in [4.78, 5) is 4.54. The standard InChI is InChI=1S/C18H19ClN2O3S/c1-2-24-17-13-15(8-9-16(17)19)25(22,23)21-11-10-20-18(21)12-14-6-4-3-5-7-14/h3-9,13H,2,10-12H2,1H3. The third-order valence-electron chi connectivity index (χ3n) is 3.88. The van der Waals surface area contributed by atoms with Gasteiger partial charge in [-0.15, -0.1) is 0 Å². The molecule has 5 nitrogen and oxygen atoms in total. The maximum atomic E-state index is 13.0. The Kier molecular flexibility index (Phi) is 5.30. The molecule has 0 aliphatic carbocycles. The highest BCUT2D eigenvalue weighted by Gasteiger charge is 2.31. The van der Waals surface area contributed by atoms with E-state index >= 15 is 0 Å². The molecule has 0 unspecified atom stereocenters. The van der Waals surface area contributed by atoms with Gasteiger partial charge >= 0.3 is 0 Å². The van der Waals surface area contributed by atoms with Crippen LogP contribution in [-0.2, 0) is 16.4 Å². The second-order valence-electron chi connectivity index (χ2n) is 5.56. The minimum atomic E-state index is -3.70. The number of nitrogens with zero attached hydrogens (tertiary/aromatic N) is 2. The predicted molar refractivity (Wildman–Crippen MR) is 99.0 cm³/mol. The summed E-state index contributed by atoms with van der Waals surface area (Å²) in [6, 6.07) is 14.2.